The molecule has 0 aliphatic rings. The van der Waals surface area contributed by atoms with Crippen molar-refractivity contribution in [2.45, 2.75) is 32.7 Å². The fourth-order valence-corrected chi connectivity index (χ4v) is 1.48. The Morgan fingerprint density at radius 2 is 2.38 bits per heavy atom. The molecule has 1 rings (SSSR count). The van der Waals surface area contributed by atoms with Gasteiger partial charge in [0.25, 0.3) is 0 Å². The third-order valence-electron chi connectivity index (χ3n) is 2.43. The van der Waals surface area contributed by atoms with Gasteiger partial charge in [-0.1, -0.05) is 13.3 Å². The number of hydrazine groups is 1. The Bertz CT molecular complexity index is 267. The highest BCUT2D eigenvalue weighted by Crippen LogP contribution is 2.19. The van der Waals surface area contributed by atoms with Crippen LogP contribution in [-0.4, -0.2) is 9.78 Å². The van der Waals surface area contributed by atoms with Crippen molar-refractivity contribution in [3.63, 3.8) is 0 Å². The zero-order chi connectivity index (χ0) is 9.84. The molecular weight excluding hydrogens is 164 g/mol. The van der Waals surface area contributed by atoms with E-state index in [0.29, 0.717) is 0 Å². The summed E-state index contributed by atoms with van der Waals surface area (Å²) in [7, 11) is 1.94. The van der Waals surface area contributed by atoms with Crippen LogP contribution in [0.1, 0.15) is 37.1 Å². The maximum Gasteiger partial charge on any atom is 0.0540 e. The molecule has 74 valence electrons. The van der Waals surface area contributed by atoms with Crippen molar-refractivity contribution in [3.8, 4) is 0 Å². The molecule has 0 aliphatic carbocycles. The molecule has 1 atom stereocenters. The summed E-state index contributed by atoms with van der Waals surface area (Å²) in [6.45, 7) is 4.21. The molecule has 0 bridgehead atoms. The van der Waals surface area contributed by atoms with Gasteiger partial charge in [-0.05, 0) is 13.3 Å². The van der Waals surface area contributed by atoms with Crippen molar-refractivity contribution in [2.75, 3.05) is 0 Å². The Balaban J connectivity index is 2.84. The summed E-state index contributed by atoms with van der Waals surface area (Å²) in [6, 6.07) is 0.235. The molecule has 1 aromatic rings. The highest BCUT2D eigenvalue weighted by Gasteiger charge is 2.13. The molecule has 0 saturated heterocycles. The molecule has 4 heteroatoms. The van der Waals surface area contributed by atoms with Crippen molar-refractivity contribution >= 4 is 0 Å². The zero-order valence-corrected chi connectivity index (χ0v) is 8.54. The van der Waals surface area contributed by atoms with Crippen molar-refractivity contribution < 1.29 is 0 Å². The first-order chi connectivity index (χ1) is 6.20. The lowest BCUT2D eigenvalue weighted by Crippen LogP contribution is -2.28. The average molecular weight is 182 g/mol. The molecule has 0 fully saturated rings. The molecular formula is C9H18N4. The van der Waals surface area contributed by atoms with E-state index < -0.39 is 0 Å². The van der Waals surface area contributed by atoms with Gasteiger partial charge in [-0.2, -0.15) is 5.10 Å². The van der Waals surface area contributed by atoms with Crippen LogP contribution in [0.2, 0.25) is 0 Å². The Hall–Kier alpha value is -0.870. The summed E-state index contributed by atoms with van der Waals surface area (Å²) in [5.41, 5.74) is 5.20. The van der Waals surface area contributed by atoms with Gasteiger partial charge >= 0.3 is 0 Å². The molecule has 0 aliphatic heterocycles. The number of nitrogens with zero attached hydrogens (tertiary/aromatic N) is 2. The van der Waals surface area contributed by atoms with Gasteiger partial charge in [0.15, 0.2) is 0 Å². The predicted molar refractivity (Wildman–Crippen MR) is 52.9 cm³/mol. The minimum atomic E-state index is 0.235. The minimum Gasteiger partial charge on any atom is -0.273 e. The molecule has 13 heavy (non-hydrogen) atoms. The van der Waals surface area contributed by atoms with E-state index in [1.54, 1.807) is 0 Å². The van der Waals surface area contributed by atoms with E-state index in [0.717, 1.165) is 12.8 Å². The molecule has 0 amide bonds. The lowest BCUT2D eigenvalue weighted by Gasteiger charge is -2.14. The minimum absolute atomic E-state index is 0.235. The van der Waals surface area contributed by atoms with E-state index in [9.17, 15) is 0 Å². The standard InChI is InChI=1S/C9H18N4/c1-4-5-9(12-10)8-6-11-13(3)7(8)2/h6,9,12H,4-5,10H2,1-3H3. The third-order valence-corrected chi connectivity index (χ3v) is 2.43. The molecule has 0 radical (unpaired) electrons. The van der Waals surface area contributed by atoms with Gasteiger partial charge in [-0.15, -0.1) is 0 Å². The van der Waals surface area contributed by atoms with Crippen molar-refractivity contribution in [2.24, 2.45) is 12.9 Å². The van der Waals surface area contributed by atoms with E-state index in [2.05, 4.69) is 24.4 Å². The summed E-state index contributed by atoms with van der Waals surface area (Å²) < 4.78 is 1.87. The van der Waals surface area contributed by atoms with Crippen LogP contribution in [0.5, 0.6) is 0 Å². The number of hydrogen-bond donors (Lipinski definition) is 2. The van der Waals surface area contributed by atoms with E-state index >= 15 is 0 Å². The highest BCUT2D eigenvalue weighted by molar-refractivity contribution is 5.20. The smallest absolute Gasteiger partial charge is 0.0540 e. The topological polar surface area (TPSA) is 55.9 Å². The van der Waals surface area contributed by atoms with Gasteiger partial charge < -0.3 is 0 Å². The fourth-order valence-electron chi connectivity index (χ4n) is 1.48. The van der Waals surface area contributed by atoms with Gasteiger partial charge in [-0.3, -0.25) is 16.0 Å². The van der Waals surface area contributed by atoms with Crippen LogP contribution in [0.25, 0.3) is 0 Å². The Morgan fingerprint density at radius 3 is 2.77 bits per heavy atom. The van der Waals surface area contributed by atoms with Crippen LogP contribution in [0.15, 0.2) is 6.20 Å². The first-order valence-electron chi connectivity index (χ1n) is 4.65. The van der Waals surface area contributed by atoms with E-state index in [-0.39, 0.29) is 6.04 Å². The molecule has 1 aromatic heterocycles. The van der Waals surface area contributed by atoms with Crippen LogP contribution in [0.3, 0.4) is 0 Å². The molecule has 1 heterocycles. The quantitative estimate of drug-likeness (QED) is 0.540. The highest BCUT2D eigenvalue weighted by atomic mass is 15.3. The summed E-state index contributed by atoms with van der Waals surface area (Å²) in [4.78, 5) is 0. The number of aromatic nitrogens is 2. The number of aryl methyl sites for hydroxylation is 1. The van der Waals surface area contributed by atoms with Crippen LogP contribution >= 0.6 is 0 Å². The SMILES string of the molecule is CCCC(NN)c1cnn(C)c1C. The van der Waals surface area contributed by atoms with Gasteiger partial charge in [0.05, 0.1) is 6.20 Å². The molecule has 1 unspecified atom stereocenters. The predicted octanol–water partition coefficient (Wildman–Crippen LogP) is 1.03. The van der Waals surface area contributed by atoms with Gasteiger partial charge in [0.2, 0.25) is 0 Å². The van der Waals surface area contributed by atoms with Gasteiger partial charge in [0.1, 0.15) is 0 Å². The Labute approximate surface area is 79.1 Å². The molecule has 4 nitrogen and oxygen atoms in total. The summed E-state index contributed by atoms with van der Waals surface area (Å²) in [5, 5.41) is 4.19. The van der Waals surface area contributed by atoms with Crippen molar-refractivity contribution in [1.29, 1.82) is 0 Å². The van der Waals surface area contributed by atoms with Crippen LogP contribution in [0, 0.1) is 6.92 Å². The summed E-state index contributed by atoms with van der Waals surface area (Å²) in [5.74, 6) is 5.48. The van der Waals surface area contributed by atoms with Gasteiger partial charge in [-0.25, -0.2) is 0 Å². The molecule has 0 spiro atoms. The van der Waals surface area contributed by atoms with E-state index in [1.165, 1.54) is 11.3 Å². The van der Waals surface area contributed by atoms with E-state index in [4.69, 9.17) is 5.84 Å². The van der Waals surface area contributed by atoms with Crippen molar-refractivity contribution in [3.05, 3.63) is 17.5 Å². The monoisotopic (exact) mass is 182 g/mol. The van der Waals surface area contributed by atoms with E-state index in [1.807, 2.05) is 17.9 Å². The zero-order valence-electron chi connectivity index (χ0n) is 8.54. The molecule has 0 aromatic carbocycles. The van der Waals surface area contributed by atoms with Crippen LogP contribution < -0.4 is 11.3 Å². The van der Waals surface area contributed by atoms with Crippen LogP contribution in [-0.2, 0) is 7.05 Å². The lowest BCUT2D eigenvalue weighted by molar-refractivity contribution is 0.507. The number of rotatable bonds is 4. The second kappa shape index (κ2) is 4.39. The molecule has 3 N–H and O–H groups in total. The number of nitrogens with two attached hydrogens (primary N) is 1. The van der Waals surface area contributed by atoms with Crippen LogP contribution in [0.4, 0.5) is 0 Å². The Kier molecular flexibility index (Phi) is 3.45. The van der Waals surface area contributed by atoms with Crippen molar-refractivity contribution in [1.82, 2.24) is 15.2 Å². The molecule has 0 saturated carbocycles. The largest absolute Gasteiger partial charge is 0.273 e. The normalized spacial score (nSPS) is 13.2. The maximum atomic E-state index is 5.48. The second-order valence-corrected chi connectivity index (χ2v) is 3.32. The maximum absolute atomic E-state index is 5.48. The first-order valence-corrected chi connectivity index (χ1v) is 4.65. The Morgan fingerprint density at radius 1 is 1.69 bits per heavy atom. The number of hydrogen-bond acceptors (Lipinski definition) is 3. The fraction of sp³-hybridized carbons (Fsp3) is 0.667. The van der Waals surface area contributed by atoms with Gasteiger partial charge in [0, 0.05) is 24.3 Å². The first kappa shape index (κ1) is 10.2. The summed E-state index contributed by atoms with van der Waals surface area (Å²) in [6.07, 6.45) is 4.04. The second-order valence-electron chi connectivity index (χ2n) is 3.32. The summed E-state index contributed by atoms with van der Waals surface area (Å²) >= 11 is 0. The number of nitrogens with one attached hydrogen (secondary N) is 1. The lowest BCUT2D eigenvalue weighted by atomic mass is 10.0. The third kappa shape index (κ3) is 2.08. The average Bonchev–Trinajstić information content (AvgIpc) is 2.45.